The van der Waals surface area contributed by atoms with E-state index in [1.54, 1.807) is 0 Å². The topological polar surface area (TPSA) is 43.6 Å². The molecule has 0 saturated carbocycles. The van der Waals surface area contributed by atoms with Gasteiger partial charge >= 0.3 is 0 Å². The fraction of sp³-hybridized carbons (Fsp3) is 0.136. The lowest BCUT2D eigenvalue weighted by Gasteiger charge is -2.19. The molecule has 0 aliphatic carbocycles. The summed E-state index contributed by atoms with van der Waals surface area (Å²) in [5, 5.41) is 2.58. The Morgan fingerprint density at radius 2 is 0.651 bits per heavy atom. The standard InChI is InChI=1S/C59H50N4/c1-58(2,3)47-33-35-53-50(37-47)51-38-48(59(4,5)6)34-36-54(51)63(53)52-20-14-13-19-49(52)43-27-21-41(22-28-43)42-25-31-46(32-26-42)57-61-55(44-17-11-8-12-18-44)60-56(62-57)45-29-23-40(24-30-45)39-15-9-7-10-16-39/h7-38H,1-6H3. The first-order chi connectivity index (χ1) is 30.5. The molecule has 0 fully saturated rings. The molecule has 0 aliphatic heterocycles. The second-order valence-electron chi connectivity index (χ2n) is 18.6. The van der Waals surface area contributed by atoms with Gasteiger partial charge in [0.2, 0.25) is 0 Å². The van der Waals surface area contributed by atoms with E-state index in [0.717, 1.165) is 33.4 Å². The summed E-state index contributed by atoms with van der Waals surface area (Å²) >= 11 is 0. The van der Waals surface area contributed by atoms with Gasteiger partial charge in [0, 0.05) is 33.0 Å². The second-order valence-corrected chi connectivity index (χ2v) is 18.6. The van der Waals surface area contributed by atoms with Gasteiger partial charge in [-0.25, -0.2) is 15.0 Å². The summed E-state index contributed by atoms with van der Waals surface area (Å²) in [6, 6.07) is 69.3. The fourth-order valence-corrected chi connectivity index (χ4v) is 8.58. The number of nitrogens with zero attached hydrogens (tertiary/aromatic N) is 4. The number of para-hydroxylation sites is 1. The van der Waals surface area contributed by atoms with Crippen LogP contribution < -0.4 is 0 Å². The predicted octanol–water partition coefficient (Wildman–Crippen LogP) is 15.6. The highest BCUT2D eigenvalue weighted by molar-refractivity contribution is 6.10. The average Bonchev–Trinajstić information content (AvgIpc) is 3.65. The van der Waals surface area contributed by atoms with Crippen LogP contribution in [-0.2, 0) is 10.8 Å². The lowest BCUT2D eigenvalue weighted by molar-refractivity contribution is 0.590. The number of hydrogen-bond acceptors (Lipinski definition) is 3. The van der Waals surface area contributed by atoms with Crippen LogP contribution in [0, 0.1) is 0 Å². The summed E-state index contributed by atoms with van der Waals surface area (Å²) in [6.07, 6.45) is 0. The van der Waals surface area contributed by atoms with Gasteiger partial charge in [0.15, 0.2) is 17.5 Å². The van der Waals surface area contributed by atoms with Crippen molar-refractivity contribution in [2.75, 3.05) is 0 Å². The van der Waals surface area contributed by atoms with Crippen LogP contribution in [0.3, 0.4) is 0 Å². The van der Waals surface area contributed by atoms with E-state index in [1.165, 1.54) is 55.3 Å². The van der Waals surface area contributed by atoms with Gasteiger partial charge in [-0.3, -0.25) is 0 Å². The van der Waals surface area contributed by atoms with E-state index in [9.17, 15) is 0 Å². The Labute approximate surface area is 370 Å². The van der Waals surface area contributed by atoms with Crippen LogP contribution >= 0.6 is 0 Å². The molecule has 306 valence electrons. The van der Waals surface area contributed by atoms with Gasteiger partial charge in [-0.1, -0.05) is 205 Å². The van der Waals surface area contributed by atoms with Gasteiger partial charge in [0.05, 0.1) is 16.7 Å². The molecular weight excluding hydrogens is 765 g/mol. The van der Waals surface area contributed by atoms with Crippen LogP contribution in [0.25, 0.3) is 95.0 Å². The molecule has 0 saturated heterocycles. The zero-order valence-electron chi connectivity index (χ0n) is 36.8. The van der Waals surface area contributed by atoms with Crippen molar-refractivity contribution in [1.82, 2.24) is 19.5 Å². The minimum atomic E-state index is 0.0447. The van der Waals surface area contributed by atoms with Gasteiger partial charge in [-0.15, -0.1) is 0 Å². The highest BCUT2D eigenvalue weighted by atomic mass is 15.0. The van der Waals surface area contributed by atoms with Crippen molar-refractivity contribution in [3.63, 3.8) is 0 Å². The molecule has 10 rings (SSSR count). The van der Waals surface area contributed by atoms with E-state index in [2.05, 4.69) is 204 Å². The van der Waals surface area contributed by atoms with E-state index < -0.39 is 0 Å². The summed E-state index contributed by atoms with van der Waals surface area (Å²) in [7, 11) is 0. The van der Waals surface area contributed by atoms with E-state index in [1.807, 2.05) is 36.4 Å². The van der Waals surface area contributed by atoms with E-state index >= 15 is 0 Å². The van der Waals surface area contributed by atoms with Gasteiger partial charge in [0.25, 0.3) is 0 Å². The molecule has 63 heavy (non-hydrogen) atoms. The van der Waals surface area contributed by atoms with Gasteiger partial charge < -0.3 is 4.57 Å². The van der Waals surface area contributed by atoms with Crippen molar-refractivity contribution in [1.29, 1.82) is 0 Å². The van der Waals surface area contributed by atoms with Crippen LogP contribution in [0.1, 0.15) is 52.7 Å². The van der Waals surface area contributed by atoms with Crippen LogP contribution in [0.15, 0.2) is 194 Å². The molecule has 10 aromatic rings. The maximum atomic E-state index is 5.02. The summed E-state index contributed by atoms with van der Waals surface area (Å²) < 4.78 is 2.46. The van der Waals surface area contributed by atoms with E-state index in [-0.39, 0.29) is 10.8 Å². The summed E-state index contributed by atoms with van der Waals surface area (Å²) in [6.45, 7) is 13.8. The number of benzene rings is 8. The van der Waals surface area contributed by atoms with Gasteiger partial charge in [-0.05, 0) is 80.1 Å². The van der Waals surface area contributed by atoms with Crippen LogP contribution in [-0.4, -0.2) is 19.5 Å². The first kappa shape index (κ1) is 39.7. The molecule has 4 heteroatoms. The molecule has 0 spiro atoms. The molecule has 0 aliphatic rings. The third-order valence-electron chi connectivity index (χ3n) is 12.2. The molecule has 0 atom stereocenters. The molecular formula is C59H50N4. The zero-order chi connectivity index (χ0) is 43.3. The van der Waals surface area contributed by atoms with Crippen molar-refractivity contribution in [3.05, 3.63) is 205 Å². The molecule has 2 aromatic heterocycles. The first-order valence-electron chi connectivity index (χ1n) is 21.9. The summed E-state index contributed by atoms with van der Waals surface area (Å²) in [4.78, 5) is 15.0. The quantitative estimate of drug-likeness (QED) is 0.161. The Morgan fingerprint density at radius 1 is 0.317 bits per heavy atom. The molecule has 0 N–H and O–H groups in total. The van der Waals surface area contributed by atoms with Crippen molar-refractivity contribution in [3.8, 4) is 73.2 Å². The van der Waals surface area contributed by atoms with Crippen LogP contribution in [0.4, 0.5) is 0 Å². The van der Waals surface area contributed by atoms with Gasteiger partial charge in [-0.2, -0.15) is 0 Å². The monoisotopic (exact) mass is 814 g/mol. The predicted molar refractivity (Wildman–Crippen MR) is 264 cm³/mol. The van der Waals surface area contributed by atoms with E-state index in [4.69, 9.17) is 15.0 Å². The maximum absolute atomic E-state index is 5.02. The Kier molecular flexibility index (Phi) is 9.95. The molecule has 8 aromatic carbocycles. The van der Waals surface area contributed by atoms with E-state index in [0.29, 0.717) is 17.5 Å². The third kappa shape index (κ3) is 7.74. The normalized spacial score (nSPS) is 12.0. The summed E-state index contributed by atoms with van der Waals surface area (Å²) in [5.41, 5.74) is 16.1. The molecule has 0 radical (unpaired) electrons. The Hall–Kier alpha value is -7.43. The van der Waals surface area contributed by atoms with Crippen molar-refractivity contribution < 1.29 is 0 Å². The number of fused-ring (bicyclic) bond motifs is 3. The van der Waals surface area contributed by atoms with Crippen LogP contribution in [0.2, 0.25) is 0 Å². The fourth-order valence-electron chi connectivity index (χ4n) is 8.58. The Bertz CT molecular complexity index is 3170. The number of aromatic nitrogens is 4. The first-order valence-corrected chi connectivity index (χ1v) is 21.9. The Morgan fingerprint density at radius 3 is 1.08 bits per heavy atom. The van der Waals surface area contributed by atoms with Crippen LogP contribution in [0.5, 0.6) is 0 Å². The smallest absolute Gasteiger partial charge is 0.164 e. The second kappa shape index (κ2) is 15.8. The molecule has 2 heterocycles. The van der Waals surface area contributed by atoms with Crippen molar-refractivity contribution in [2.24, 2.45) is 0 Å². The molecule has 0 amide bonds. The van der Waals surface area contributed by atoms with Crippen molar-refractivity contribution >= 4 is 21.8 Å². The maximum Gasteiger partial charge on any atom is 0.164 e. The number of rotatable bonds is 7. The molecule has 4 nitrogen and oxygen atoms in total. The molecule has 0 bridgehead atoms. The minimum Gasteiger partial charge on any atom is -0.309 e. The number of hydrogen-bond donors (Lipinski definition) is 0. The Balaban J connectivity index is 0.984. The average molecular weight is 815 g/mol. The highest BCUT2D eigenvalue weighted by Crippen LogP contribution is 2.40. The zero-order valence-corrected chi connectivity index (χ0v) is 36.8. The SMILES string of the molecule is CC(C)(C)c1ccc2c(c1)c1cc(C(C)(C)C)ccc1n2-c1ccccc1-c1ccc(-c2ccc(-c3nc(-c4ccccc4)nc(-c4ccc(-c5ccccc5)cc4)n3)cc2)cc1. The lowest BCUT2D eigenvalue weighted by Crippen LogP contribution is -2.10. The largest absolute Gasteiger partial charge is 0.309 e. The molecule has 0 unspecified atom stereocenters. The third-order valence-corrected chi connectivity index (χ3v) is 12.2. The van der Waals surface area contributed by atoms with Gasteiger partial charge in [0.1, 0.15) is 0 Å². The summed E-state index contributed by atoms with van der Waals surface area (Å²) in [5.74, 6) is 1.93. The lowest BCUT2D eigenvalue weighted by atomic mass is 9.85. The minimum absolute atomic E-state index is 0.0447. The van der Waals surface area contributed by atoms with Crippen molar-refractivity contribution in [2.45, 2.75) is 52.4 Å². The highest BCUT2D eigenvalue weighted by Gasteiger charge is 2.22.